The summed E-state index contributed by atoms with van der Waals surface area (Å²) in [7, 11) is -4.35. The maximum Gasteiger partial charge on any atom is 0.378 e. The van der Waals surface area contributed by atoms with E-state index in [4.69, 9.17) is 9.79 Å². The van der Waals surface area contributed by atoms with E-state index in [-0.39, 0.29) is 6.42 Å². The highest BCUT2D eigenvalue weighted by Crippen LogP contribution is 2.38. The molecule has 0 spiro atoms. The summed E-state index contributed by atoms with van der Waals surface area (Å²) in [6.45, 7) is 5.15. The third-order valence-electron chi connectivity index (χ3n) is 2.57. The summed E-state index contributed by atoms with van der Waals surface area (Å²) < 4.78 is 11.0. The molecular formula is C12H21O7P. The van der Waals surface area contributed by atoms with Crippen LogP contribution in [0, 0.1) is 5.92 Å². The lowest BCUT2D eigenvalue weighted by Gasteiger charge is -2.14. The molecule has 8 heteroatoms. The summed E-state index contributed by atoms with van der Waals surface area (Å²) in [6, 6.07) is 0. The first-order chi connectivity index (χ1) is 9.30. The van der Waals surface area contributed by atoms with Gasteiger partial charge in [0.2, 0.25) is 0 Å². The van der Waals surface area contributed by atoms with Gasteiger partial charge in [-0.3, -0.25) is 4.57 Å². The second kappa shape index (κ2) is 9.69. The Morgan fingerprint density at radius 2 is 1.90 bits per heavy atom. The van der Waals surface area contributed by atoms with Gasteiger partial charge < -0.3 is 9.79 Å². The highest BCUT2D eigenvalue weighted by atomic mass is 31.2. The number of hydrogen-bond donors (Lipinski definition) is 2. The minimum atomic E-state index is -4.35. The molecule has 0 aromatic rings. The predicted molar refractivity (Wildman–Crippen MR) is 71.5 cm³/mol. The Bertz CT molecular complexity index is 374. The van der Waals surface area contributed by atoms with Gasteiger partial charge in [-0.2, -0.15) is 0 Å². The van der Waals surface area contributed by atoms with Crippen LogP contribution < -0.4 is 0 Å². The van der Waals surface area contributed by atoms with E-state index in [1.54, 1.807) is 0 Å². The molecule has 0 aliphatic rings. The van der Waals surface area contributed by atoms with E-state index in [1.807, 2.05) is 6.92 Å². The van der Waals surface area contributed by atoms with Crippen LogP contribution in [-0.2, 0) is 23.9 Å². The molecule has 0 aliphatic heterocycles. The molecule has 2 N–H and O–H groups in total. The lowest BCUT2D eigenvalue weighted by Crippen LogP contribution is -2.22. The topological polar surface area (TPSA) is 110 Å². The first-order valence-corrected chi connectivity index (χ1v) is 8.19. The van der Waals surface area contributed by atoms with Crippen LogP contribution in [0.2, 0.25) is 0 Å². The molecule has 0 amide bonds. The van der Waals surface area contributed by atoms with Crippen LogP contribution in [-0.4, -0.2) is 27.9 Å². The average Bonchev–Trinajstić information content (AvgIpc) is 2.37. The van der Waals surface area contributed by atoms with Gasteiger partial charge in [-0.1, -0.05) is 39.2 Å². The summed E-state index contributed by atoms with van der Waals surface area (Å²) in [6.07, 6.45) is 3.94. The van der Waals surface area contributed by atoms with Crippen LogP contribution in [0.4, 0.5) is 0 Å². The molecule has 0 radical (unpaired) electrons. The molecule has 0 rings (SSSR count). The van der Waals surface area contributed by atoms with Crippen molar-refractivity contribution in [1.82, 2.24) is 0 Å². The van der Waals surface area contributed by atoms with Gasteiger partial charge in [-0.05, 0) is 6.42 Å². The van der Waals surface area contributed by atoms with E-state index >= 15 is 0 Å². The Kier molecular flexibility index (Phi) is 9.12. The highest BCUT2D eigenvalue weighted by molar-refractivity contribution is 7.51. The molecule has 0 fully saturated rings. The van der Waals surface area contributed by atoms with Crippen molar-refractivity contribution in [3.8, 4) is 0 Å². The van der Waals surface area contributed by atoms with Crippen LogP contribution in [0.15, 0.2) is 12.7 Å². The fraction of sp³-hybridized carbons (Fsp3) is 0.667. The first kappa shape index (κ1) is 18.8. The van der Waals surface area contributed by atoms with Crippen molar-refractivity contribution in [3.63, 3.8) is 0 Å². The number of unbranched alkanes of at least 4 members (excludes halogenated alkanes) is 3. The highest BCUT2D eigenvalue weighted by Gasteiger charge is 2.29. The molecule has 0 aromatic carbocycles. The molecule has 20 heavy (non-hydrogen) atoms. The van der Waals surface area contributed by atoms with Crippen molar-refractivity contribution in [1.29, 1.82) is 0 Å². The van der Waals surface area contributed by atoms with Crippen LogP contribution in [0.25, 0.3) is 0 Å². The Hall–Kier alpha value is -1.17. The zero-order valence-electron chi connectivity index (χ0n) is 11.5. The zero-order chi connectivity index (χ0) is 15.6. The van der Waals surface area contributed by atoms with Gasteiger partial charge in [0.05, 0.1) is 12.1 Å². The summed E-state index contributed by atoms with van der Waals surface area (Å²) >= 11 is 0. The maximum absolute atomic E-state index is 11.6. The Labute approximate surface area is 118 Å². The second-order valence-corrected chi connectivity index (χ2v) is 6.10. The van der Waals surface area contributed by atoms with Crippen molar-refractivity contribution in [2.24, 2.45) is 5.92 Å². The van der Waals surface area contributed by atoms with Gasteiger partial charge >= 0.3 is 19.5 Å². The van der Waals surface area contributed by atoms with Gasteiger partial charge in [-0.25, -0.2) is 19.4 Å². The minimum Gasteiger partial charge on any atom is -0.324 e. The number of rotatable bonds is 9. The predicted octanol–water partition coefficient (Wildman–Crippen LogP) is 1.94. The third kappa shape index (κ3) is 9.72. The Balaban J connectivity index is 4.41. The molecule has 0 aliphatic carbocycles. The molecule has 0 saturated heterocycles. The normalized spacial score (nSPS) is 12.6. The van der Waals surface area contributed by atoms with E-state index in [9.17, 15) is 14.2 Å². The minimum absolute atomic E-state index is 0.273. The Morgan fingerprint density at radius 1 is 1.25 bits per heavy atom. The van der Waals surface area contributed by atoms with Crippen LogP contribution in [0.5, 0.6) is 0 Å². The van der Waals surface area contributed by atoms with Gasteiger partial charge in [0, 0.05) is 6.08 Å². The monoisotopic (exact) mass is 308 g/mol. The summed E-state index contributed by atoms with van der Waals surface area (Å²) in [5, 5.41) is 0. The molecule has 0 aromatic heterocycles. The quantitative estimate of drug-likeness (QED) is 0.220. The van der Waals surface area contributed by atoms with Crippen molar-refractivity contribution in [2.75, 3.05) is 6.16 Å². The molecule has 116 valence electrons. The van der Waals surface area contributed by atoms with Crippen molar-refractivity contribution < 1.29 is 33.7 Å². The molecule has 7 nitrogen and oxygen atoms in total. The second-order valence-electron chi connectivity index (χ2n) is 4.40. The average molecular weight is 308 g/mol. The SMILES string of the molecule is C=CC(=O)OOC(=O)C(CCCCCC)CP(=O)(O)O. The molecule has 0 saturated carbocycles. The standard InChI is InChI=1S/C12H21O7P/c1-3-5-6-7-8-10(9-20(15,16)17)12(14)19-18-11(13)4-2/h4,10H,2-3,5-9H2,1H3,(H2,15,16,17). The number of carbonyl (C=O) groups is 2. The summed E-state index contributed by atoms with van der Waals surface area (Å²) in [4.78, 5) is 48.6. The van der Waals surface area contributed by atoms with E-state index in [0.29, 0.717) is 6.42 Å². The van der Waals surface area contributed by atoms with Gasteiger partial charge in [-0.15, -0.1) is 0 Å². The molecular weight excluding hydrogens is 287 g/mol. The fourth-order valence-electron chi connectivity index (χ4n) is 1.57. The van der Waals surface area contributed by atoms with Crippen LogP contribution in [0.1, 0.15) is 39.0 Å². The van der Waals surface area contributed by atoms with Crippen LogP contribution in [0.3, 0.4) is 0 Å². The molecule has 1 atom stereocenters. The number of carbonyl (C=O) groups excluding carboxylic acids is 2. The lowest BCUT2D eigenvalue weighted by atomic mass is 10.0. The molecule has 0 heterocycles. The van der Waals surface area contributed by atoms with Gasteiger partial charge in [0.1, 0.15) is 0 Å². The smallest absolute Gasteiger partial charge is 0.324 e. The maximum atomic E-state index is 11.6. The Morgan fingerprint density at radius 3 is 2.40 bits per heavy atom. The summed E-state index contributed by atoms with van der Waals surface area (Å²) in [5.74, 6) is -2.90. The fourth-order valence-corrected chi connectivity index (χ4v) is 2.48. The van der Waals surface area contributed by atoms with E-state index in [0.717, 1.165) is 25.3 Å². The van der Waals surface area contributed by atoms with Crippen molar-refractivity contribution in [2.45, 2.75) is 39.0 Å². The summed E-state index contributed by atoms with van der Waals surface area (Å²) in [5.41, 5.74) is 0. The number of hydrogen-bond acceptors (Lipinski definition) is 5. The van der Waals surface area contributed by atoms with Crippen LogP contribution >= 0.6 is 7.60 Å². The van der Waals surface area contributed by atoms with E-state index in [2.05, 4.69) is 16.4 Å². The lowest BCUT2D eigenvalue weighted by molar-refractivity contribution is -0.257. The first-order valence-electron chi connectivity index (χ1n) is 6.39. The van der Waals surface area contributed by atoms with Gasteiger partial charge in [0.25, 0.3) is 0 Å². The van der Waals surface area contributed by atoms with Gasteiger partial charge in [0.15, 0.2) is 0 Å². The van der Waals surface area contributed by atoms with E-state index < -0.39 is 31.6 Å². The molecule has 0 bridgehead atoms. The third-order valence-corrected chi connectivity index (χ3v) is 3.49. The zero-order valence-corrected chi connectivity index (χ0v) is 12.4. The van der Waals surface area contributed by atoms with E-state index in [1.165, 1.54) is 0 Å². The molecule has 1 unspecified atom stereocenters. The van der Waals surface area contributed by atoms with Crippen molar-refractivity contribution in [3.05, 3.63) is 12.7 Å². The largest absolute Gasteiger partial charge is 0.378 e. The van der Waals surface area contributed by atoms with Crippen molar-refractivity contribution >= 4 is 19.5 Å².